The van der Waals surface area contributed by atoms with Crippen LogP contribution in [0.3, 0.4) is 0 Å². The molecular weight excluding hydrogens is 427 g/mol. The highest BCUT2D eigenvalue weighted by atomic mass is 35.5. The minimum absolute atomic E-state index is 0.0271. The van der Waals surface area contributed by atoms with Crippen molar-refractivity contribution in [3.63, 3.8) is 0 Å². The van der Waals surface area contributed by atoms with Gasteiger partial charge in [0.05, 0.1) is 22.7 Å². The predicted octanol–water partition coefficient (Wildman–Crippen LogP) is 4.21. The van der Waals surface area contributed by atoms with Gasteiger partial charge in [-0.2, -0.15) is 17.9 Å². The van der Waals surface area contributed by atoms with Crippen LogP contribution in [0, 0.1) is 0 Å². The highest BCUT2D eigenvalue weighted by Gasteiger charge is 2.35. The van der Waals surface area contributed by atoms with Crippen LogP contribution in [0.1, 0.15) is 11.4 Å². The van der Waals surface area contributed by atoms with Crippen molar-refractivity contribution in [1.29, 1.82) is 0 Å². The Kier molecular flexibility index (Phi) is 5.24. The standard InChI is InChI=1S/C17H11ClF3N7S/c18-11-6-7-14(13(8-11)17(19,20)21)28-15(23-25-26-28)9-29-16-22-10-27(24-16)12-4-2-1-3-5-12/h1-8,10H,9H2. The van der Waals surface area contributed by atoms with Crippen LogP contribution in [0.4, 0.5) is 13.2 Å². The minimum Gasteiger partial charge on any atom is -0.220 e. The summed E-state index contributed by atoms with van der Waals surface area (Å²) < 4.78 is 42.8. The fourth-order valence-electron chi connectivity index (χ4n) is 2.55. The van der Waals surface area contributed by atoms with Gasteiger partial charge < -0.3 is 0 Å². The quantitative estimate of drug-likeness (QED) is 0.435. The summed E-state index contributed by atoms with van der Waals surface area (Å²) in [7, 11) is 0. The lowest BCUT2D eigenvalue weighted by atomic mass is 10.1. The number of nitrogens with zero attached hydrogens (tertiary/aromatic N) is 7. The van der Waals surface area contributed by atoms with Gasteiger partial charge in [0.15, 0.2) is 5.82 Å². The normalized spacial score (nSPS) is 11.7. The lowest BCUT2D eigenvalue weighted by Gasteiger charge is -2.13. The van der Waals surface area contributed by atoms with Gasteiger partial charge in [-0.1, -0.05) is 41.6 Å². The third kappa shape index (κ3) is 4.25. The molecule has 0 saturated heterocycles. The number of rotatable bonds is 5. The van der Waals surface area contributed by atoms with Crippen LogP contribution in [0.5, 0.6) is 0 Å². The molecule has 0 bridgehead atoms. The Morgan fingerprint density at radius 1 is 1.07 bits per heavy atom. The van der Waals surface area contributed by atoms with E-state index < -0.39 is 11.7 Å². The number of halogens is 4. The Hall–Kier alpha value is -2.92. The summed E-state index contributed by atoms with van der Waals surface area (Å²) in [5.74, 6) is 0.394. The molecule has 2 heterocycles. The van der Waals surface area contributed by atoms with Crippen molar-refractivity contribution >= 4 is 23.4 Å². The van der Waals surface area contributed by atoms with E-state index in [9.17, 15) is 13.2 Å². The van der Waals surface area contributed by atoms with E-state index >= 15 is 0 Å². The van der Waals surface area contributed by atoms with Crippen molar-refractivity contribution in [1.82, 2.24) is 35.0 Å². The first-order valence-electron chi connectivity index (χ1n) is 8.16. The van der Waals surface area contributed by atoms with Crippen LogP contribution in [-0.2, 0) is 11.9 Å². The first-order chi connectivity index (χ1) is 13.9. The van der Waals surface area contributed by atoms with E-state index in [1.54, 1.807) is 11.0 Å². The molecule has 4 rings (SSSR count). The van der Waals surface area contributed by atoms with Crippen molar-refractivity contribution < 1.29 is 13.2 Å². The number of aromatic nitrogens is 7. The molecule has 2 aromatic heterocycles. The molecule has 0 unspecified atom stereocenters. The van der Waals surface area contributed by atoms with Gasteiger partial charge in [0.1, 0.15) is 6.33 Å². The van der Waals surface area contributed by atoms with Crippen molar-refractivity contribution in [2.75, 3.05) is 0 Å². The Morgan fingerprint density at radius 3 is 2.62 bits per heavy atom. The number of benzene rings is 2. The first kappa shape index (κ1) is 19.4. The number of hydrogen-bond donors (Lipinski definition) is 0. The first-order valence-corrected chi connectivity index (χ1v) is 9.52. The van der Waals surface area contributed by atoms with E-state index in [2.05, 4.69) is 25.6 Å². The summed E-state index contributed by atoms with van der Waals surface area (Å²) in [5.41, 5.74) is -0.284. The Balaban J connectivity index is 1.57. The summed E-state index contributed by atoms with van der Waals surface area (Å²) >= 11 is 6.94. The van der Waals surface area contributed by atoms with Gasteiger partial charge in [-0.05, 0) is 40.8 Å². The predicted molar refractivity (Wildman–Crippen MR) is 100 cm³/mol. The molecule has 0 aliphatic carbocycles. The monoisotopic (exact) mass is 437 g/mol. The highest BCUT2D eigenvalue weighted by molar-refractivity contribution is 7.98. The Bertz CT molecular complexity index is 1130. The third-order valence-corrected chi connectivity index (χ3v) is 4.93. The molecule has 4 aromatic rings. The SMILES string of the molecule is FC(F)(F)c1cc(Cl)ccc1-n1nnnc1CSc1ncn(-c2ccccc2)n1. The maximum absolute atomic E-state index is 13.4. The largest absolute Gasteiger partial charge is 0.418 e. The summed E-state index contributed by atoms with van der Waals surface area (Å²) in [6.45, 7) is 0. The Morgan fingerprint density at radius 2 is 1.86 bits per heavy atom. The minimum atomic E-state index is -4.60. The molecule has 0 radical (unpaired) electrons. The molecule has 7 nitrogen and oxygen atoms in total. The van der Waals surface area contributed by atoms with E-state index in [1.165, 1.54) is 23.9 Å². The third-order valence-electron chi connectivity index (χ3n) is 3.85. The van der Waals surface area contributed by atoms with E-state index in [4.69, 9.17) is 11.6 Å². The zero-order chi connectivity index (χ0) is 20.4. The van der Waals surface area contributed by atoms with E-state index in [0.717, 1.165) is 16.4 Å². The maximum atomic E-state index is 13.4. The highest BCUT2D eigenvalue weighted by Crippen LogP contribution is 2.35. The number of para-hydroxylation sites is 1. The van der Waals surface area contributed by atoms with E-state index in [-0.39, 0.29) is 22.3 Å². The van der Waals surface area contributed by atoms with Gasteiger partial charge >= 0.3 is 6.18 Å². The molecule has 2 aromatic carbocycles. The van der Waals surface area contributed by atoms with Gasteiger partial charge in [-0.25, -0.2) is 9.67 Å². The van der Waals surface area contributed by atoms with Crippen LogP contribution in [0.2, 0.25) is 5.02 Å². The zero-order valence-electron chi connectivity index (χ0n) is 14.5. The van der Waals surface area contributed by atoms with Crippen molar-refractivity contribution in [3.05, 3.63) is 71.3 Å². The molecule has 0 amide bonds. The average Bonchev–Trinajstić information content (AvgIpc) is 3.36. The van der Waals surface area contributed by atoms with E-state index in [0.29, 0.717) is 5.16 Å². The van der Waals surface area contributed by atoms with Gasteiger partial charge in [0, 0.05) is 5.02 Å². The number of tetrazole rings is 1. The molecule has 0 N–H and O–H groups in total. The van der Waals surface area contributed by atoms with Gasteiger partial charge in [0.2, 0.25) is 5.16 Å². The number of hydrogen-bond acceptors (Lipinski definition) is 6. The zero-order valence-corrected chi connectivity index (χ0v) is 16.0. The lowest BCUT2D eigenvalue weighted by Crippen LogP contribution is -2.13. The molecular formula is C17H11ClF3N7S. The maximum Gasteiger partial charge on any atom is 0.418 e. The lowest BCUT2D eigenvalue weighted by molar-refractivity contribution is -0.137. The fourth-order valence-corrected chi connectivity index (χ4v) is 3.43. The second kappa shape index (κ2) is 7.84. The molecule has 0 aliphatic rings. The van der Waals surface area contributed by atoms with Crippen LogP contribution >= 0.6 is 23.4 Å². The Labute approximate surface area is 171 Å². The smallest absolute Gasteiger partial charge is 0.220 e. The molecule has 29 heavy (non-hydrogen) atoms. The van der Waals surface area contributed by atoms with Crippen LogP contribution in [0.15, 0.2) is 60.0 Å². The van der Waals surface area contributed by atoms with Crippen LogP contribution in [-0.4, -0.2) is 35.0 Å². The summed E-state index contributed by atoms with van der Waals surface area (Å²) in [5, 5.41) is 15.8. The van der Waals surface area contributed by atoms with Crippen molar-refractivity contribution in [2.45, 2.75) is 17.1 Å². The molecule has 0 fully saturated rings. The molecule has 12 heteroatoms. The number of alkyl halides is 3. The second-order valence-corrected chi connectivity index (χ2v) is 7.14. The fraction of sp³-hybridized carbons (Fsp3) is 0.118. The molecule has 0 saturated carbocycles. The average molecular weight is 438 g/mol. The summed E-state index contributed by atoms with van der Waals surface area (Å²) in [4.78, 5) is 4.20. The topological polar surface area (TPSA) is 74.3 Å². The van der Waals surface area contributed by atoms with Gasteiger partial charge in [-0.3, -0.25) is 0 Å². The second-order valence-electron chi connectivity index (χ2n) is 5.76. The van der Waals surface area contributed by atoms with E-state index in [1.807, 2.05) is 30.3 Å². The van der Waals surface area contributed by atoms with Crippen molar-refractivity contribution in [2.24, 2.45) is 0 Å². The van der Waals surface area contributed by atoms with Crippen LogP contribution < -0.4 is 0 Å². The molecule has 0 atom stereocenters. The van der Waals surface area contributed by atoms with Gasteiger partial charge in [0.25, 0.3) is 0 Å². The molecule has 0 spiro atoms. The summed E-state index contributed by atoms with van der Waals surface area (Å²) in [6, 6.07) is 12.8. The number of thioether (sulfide) groups is 1. The van der Waals surface area contributed by atoms with Gasteiger partial charge in [-0.15, -0.1) is 10.2 Å². The van der Waals surface area contributed by atoms with Crippen molar-refractivity contribution in [3.8, 4) is 11.4 Å². The summed E-state index contributed by atoms with van der Waals surface area (Å²) in [6.07, 6.45) is -3.05. The molecule has 0 aliphatic heterocycles. The molecule has 148 valence electrons. The van der Waals surface area contributed by atoms with Crippen LogP contribution in [0.25, 0.3) is 11.4 Å².